The molecule has 25 heavy (non-hydrogen) atoms. The van der Waals surface area contributed by atoms with Crippen LogP contribution < -0.4 is 0 Å². The molecule has 1 aromatic carbocycles. The molecule has 4 nitrogen and oxygen atoms in total. The summed E-state index contributed by atoms with van der Waals surface area (Å²) in [6.07, 6.45) is 7.83. The highest BCUT2D eigenvalue weighted by molar-refractivity contribution is 5.95. The molecule has 0 N–H and O–H groups in total. The van der Waals surface area contributed by atoms with E-state index in [1.807, 2.05) is 11.0 Å². The van der Waals surface area contributed by atoms with Crippen LogP contribution in [0.3, 0.4) is 0 Å². The Balaban J connectivity index is 1.59. The third-order valence-corrected chi connectivity index (χ3v) is 5.16. The van der Waals surface area contributed by atoms with E-state index in [9.17, 15) is 9.18 Å². The third kappa shape index (κ3) is 3.29. The first-order valence-electron chi connectivity index (χ1n) is 8.86. The second-order valence-electron chi connectivity index (χ2n) is 6.73. The molecule has 2 heterocycles. The van der Waals surface area contributed by atoms with Crippen molar-refractivity contribution in [2.45, 2.75) is 37.8 Å². The van der Waals surface area contributed by atoms with Crippen LogP contribution in [0.25, 0.3) is 11.1 Å². The maximum absolute atomic E-state index is 13.1. The van der Waals surface area contributed by atoms with Crippen molar-refractivity contribution in [3.8, 4) is 11.1 Å². The summed E-state index contributed by atoms with van der Waals surface area (Å²) in [5.41, 5.74) is 2.24. The summed E-state index contributed by atoms with van der Waals surface area (Å²) in [7, 11) is 0. The first-order chi connectivity index (χ1) is 12.2. The minimum absolute atomic E-state index is 0.0108. The van der Waals surface area contributed by atoms with E-state index in [1.54, 1.807) is 24.5 Å². The number of morpholine rings is 1. The molecule has 0 radical (unpaired) electrons. The second-order valence-corrected chi connectivity index (χ2v) is 6.73. The van der Waals surface area contributed by atoms with Gasteiger partial charge in [0.2, 0.25) is 0 Å². The Morgan fingerprint density at radius 1 is 1.12 bits per heavy atom. The quantitative estimate of drug-likeness (QED) is 0.838. The van der Waals surface area contributed by atoms with Gasteiger partial charge in [0.05, 0.1) is 24.3 Å². The van der Waals surface area contributed by atoms with E-state index in [-0.39, 0.29) is 23.9 Å². The monoisotopic (exact) mass is 340 g/mol. The van der Waals surface area contributed by atoms with Gasteiger partial charge in [-0.05, 0) is 36.6 Å². The molecule has 0 spiro atoms. The normalized spacial score (nSPS) is 23.2. The lowest BCUT2D eigenvalue weighted by Crippen LogP contribution is -2.54. The number of benzene rings is 1. The molecule has 0 unspecified atom stereocenters. The van der Waals surface area contributed by atoms with E-state index in [0.717, 1.165) is 30.4 Å². The highest BCUT2D eigenvalue weighted by Gasteiger charge is 2.37. The molecule has 130 valence electrons. The zero-order valence-electron chi connectivity index (χ0n) is 14.0. The van der Waals surface area contributed by atoms with Crippen molar-refractivity contribution in [1.82, 2.24) is 9.88 Å². The molecule has 1 saturated carbocycles. The smallest absolute Gasteiger partial charge is 0.255 e. The molecule has 4 rings (SSSR count). The average Bonchev–Trinajstić information content (AvgIpc) is 2.68. The number of fused-ring (bicyclic) bond motifs is 1. The predicted molar refractivity (Wildman–Crippen MR) is 92.7 cm³/mol. The fourth-order valence-corrected chi connectivity index (χ4v) is 3.87. The molecule has 1 aliphatic heterocycles. The maximum Gasteiger partial charge on any atom is 0.255 e. The van der Waals surface area contributed by atoms with Crippen LogP contribution in [-0.2, 0) is 4.74 Å². The van der Waals surface area contributed by atoms with Crippen LogP contribution in [0.2, 0.25) is 0 Å². The fraction of sp³-hybridized carbons (Fsp3) is 0.400. The highest BCUT2D eigenvalue weighted by atomic mass is 19.1. The van der Waals surface area contributed by atoms with Gasteiger partial charge < -0.3 is 9.64 Å². The molecule has 5 heteroatoms. The lowest BCUT2D eigenvalue weighted by molar-refractivity contribution is -0.0752. The SMILES string of the molecule is O=C(c1cncc(-c2ccc(F)cc2)c1)N1CCO[C@H]2CCCC[C@@H]21. The first-order valence-corrected chi connectivity index (χ1v) is 8.86. The summed E-state index contributed by atoms with van der Waals surface area (Å²) in [5, 5.41) is 0. The Hall–Kier alpha value is -2.27. The molecule has 1 aromatic heterocycles. The number of rotatable bonds is 2. The summed E-state index contributed by atoms with van der Waals surface area (Å²) in [5.74, 6) is -0.266. The number of carbonyl (C=O) groups excluding carboxylic acids is 1. The van der Waals surface area contributed by atoms with Gasteiger partial charge in [0, 0.05) is 24.5 Å². The van der Waals surface area contributed by atoms with Crippen LogP contribution in [0.4, 0.5) is 4.39 Å². The summed E-state index contributed by atoms with van der Waals surface area (Å²) in [4.78, 5) is 19.3. The predicted octanol–water partition coefficient (Wildman–Crippen LogP) is 3.67. The van der Waals surface area contributed by atoms with E-state index in [2.05, 4.69) is 4.98 Å². The van der Waals surface area contributed by atoms with Crippen LogP contribution >= 0.6 is 0 Å². The Kier molecular flexibility index (Phi) is 4.49. The second kappa shape index (κ2) is 6.92. The highest BCUT2D eigenvalue weighted by Crippen LogP contribution is 2.30. The van der Waals surface area contributed by atoms with Crippen molar-refractivity contribution in [2.24, 2.45) is 0 Å². The summed E-state index contributed by atoms with van der Waals surface area (Å²) < 4.78 is 19.0. The van der Waals surface area contributed by atoms with E-state index >= 15 is 0 Å². The van der Waals surface area contributed by atoms with Gasteiger partial charge in [0.25, 0.3) is 5.91 Å². The molecule has 0 bridgehead atoms. The van der Waals surface area contributed by atoms with Crippen molar-refractivity contribution < 1.29 is 13.9 Å². The zero-order chi connectivity index (χ0) is 17.2. The Labute approximate surface area is 146 Å². The summed E-state index contributed by atoms with van der Waals surface area (Å²) >= 11 is 0. The average molecular weight is 340 g/mol. The van der Waals surface area contributed by atoms with Crippen molar-refractivity contribution in [3.63, 3.8) is 0 Å². The summed E-state index contributed by atoms with van der Waals surface area (Å²) in [6, 6.07) is 8.25. The van der Waals surface area contributed by atoms with Crippen LogP contribution in [0.15, 0.2) is 42.7 Å². The third-order valence-electron chi connectivity index (χ3n) is 5.16. The number of aromatic nitrogens is 1. The van der Waals surface area contributed by atoms with Crippen molar-refractivity contribution in [1.29, 1.82) is 0 Å². The maximum atomic E-state index is 13.1. The van der Waals surface area contributed by atoms with Crippen LogP contribution in [0, 0.1) is 5.82 Å². The standard InChI is InChI=1S/C20H21FN2O2/c21-17-7-5-14(6-8-17)15-11-16(13-22-12-15)20(24)23-9-10-25-19-4-2-1-3-18(19)23/h5-8,11-13,18-19H,1-4,9-10H2/t18-,19-/m0/s1. The zero-order valence-corrected chi connectivity index (χ0v) is 14.0. The topological polar surface area (TPSA) is 42.4 Å². The lowest BCUT2D eigenvalue weighted by Gasteiger charge is -2.43. The number of hydrogen-bond donors (Lipinski definition) is 0. The van der Waals surface area contributed by atoms with E-state index in [4.69, 9.17) is 4.74 Å². The van der Waals surface area contributed by atoms with Crippen molar-refractivity contribution in [3.05, 3.63) is 54.1 Å². The summed E-state index contributed by atoms with van der Waals surface area (Å²) in [6.45, 7) is 1.22. The van der Waals surface area contributed by atoms with Gasteiger partial charge in [-0.1, -0.05) is 25.0 Å². The van der Waals surface area contributed by atoms with E-state index < -0.39 is 0 Å². The Bertz CT molecular complexity index is 761. The number of carbonyl (C=O) groups is 1. The van der Waals surface area contributed by atoms with Gasteiger partial charge in [0.15, 0.2) is 0 Å². The molecule has 1 aliphatic carbocycles. The van der Waals surface area contributed by atoms with Crippen LogP contribution in [-0.4, -0.2) is 41.1 Å². The van der Waals surface area contributed by atoms with Crippen LogP contribution in [0.5, 0.6) is 0 Å². The van der Waals surface area contributed by atoms with Gasteiger partial charge in [-0.25, -0.2) is 4.39 Å². The number of halogens is 1. The van der Waals surface area contributed by atoms with Gasteiger partial charge >= 0.3 is 0 Å². The Morgan fingerprint density at radius 2 is 1.92 bits per heavy atom. The van der Waals surface area contributed by atoms with Crippen LogP contribution in [0.1, 0.15) is 36.0 Å². The number of hydrogen-bond acceptors (Lipinski definition) is 3. The largest absolute Gasteiger partial charge is 0.374 e. The molecular weight excluding hydrogens is 319 g/mol. The first kappa shape index (κ1) is 16.2. The molecule has 2 aliphatic rings. The number of amides is 1. The molecule has 1 saturated heterocycles. The molecule has 2 aromatic rings. The van der Waals surface area contributed by atoms with E-state index in [0.29, 0.717) is 18.7 Å². The van der Waals surface area contributed by atoms with Crippen molar-refractivity contribution in [2.75, 3.05) is 13.2 Å². The number of nitrogens with zero attached hydrogens (tertiary/aromatic N) is 2. The van der Waals surface area contributed by atoms with Crippen molar-refractivity contribution >= 4 is 5.91 Å². The van der Waals surface area contributed by atoms with Gasteiger partial charge in [-0.3, -0.25) is 9.78 Å². The lowest BCUT2D eigenvalue weighted by atomic mass is 9.89. The van der Waals surface area contributed by atoms with E-state index in [1.165, 1.54) is 18.6 Å². The number of pyridine rings is 1. The molecular formula is C20H21FN2O2. The Morgan fingerprint density at radius 3 is 2.76 bits per heavy atom. The minimum Gasteiger partial charge on any atom is -0.374 e. The molecule has 2 atom stereocenters. The molecule has 1 amide bonds. The number of ether oxygens (including phenoxy) is 1. The van der Waals surface area contributed by atoms with Gasteiger partial charge in [-0.15, -0.1) is 0 Å². The van der Waals surface area contributed by atoms with Gasteiger partial charge in [0.1, 0.15) is 5.82 Å². The molecule has 2 fully saturated rings. The van der Waals surface area contributed by atoms with Gasteiger partial charge in [-0.2, -0.15) is 0 Å². The fourth-order valence-electron chi connectivity index (χ4n) is 3.87. The minimum atomic E-state index is -0.277.